The van der Waals surface area contributed by atoms with Crippen molar-refractivity contribution in [1.82, 2.24) is 10.2 Å². The van der Waals surface area contributed by atoms with Gasteiger partial charge in [-0.2, -0.15) is 11.8 Å². The zero-order chi connectivity index (χ0) is 16.8. The monoisotopic (exact) mass is 373 g/mol. The van der Waals surface area contributed by atoms with Gasteiger partial charge in [-0.25, -0.2) is 0 Å². The van der Waals surface area contributed by atoms with E-state index in [1.807, 2.05) is 30.5 Å². The Hall–Kier alpha value is -1.31. The molecule has 1 N–H and O–H groups in total. The number of carbonyl (C=O) groups excluding carboxylic acids is 1. The van der Waals surface area contributed by atoms with E-state index in [0.29, 0.717) is 6.54 Å². The molecular weight excluding hydrogens is 350 g/mol. The first-order valence-electron chi connectivity index (χ1n) is 7.82. The molecule has 1 aromatic rings. The second kappa shape index (κ2) is 9.86. The standard InChI is InChI=1S/C16H23N3O3S.ClH/c1-12(2)15(16(20)18-7-9-23-10-8-18)17-11-13-3-5-14(6-4-13)19(21)22;/h3-6,12,15,17H,7-11H2,1-2H3;1H/t15-;/m0./s1. The summed E-state index contributed by atoms with van der Waals surface area (Å²) in [7, 11) is 0. The Balaban J connectivity index is 0.00000288. The Morgan fingerprint density at radius 1 is 1.29 bits per heavy atom. The smallest absolute Gasteiger partial charge is 0.269 e. The molecule has 0 bridgehead atoms. The fourth-order valence-corrected chi connectivity index (χ4v) is 3.46. The van der Waals surface area contributed by atoms with E-state index < -0.39 is 4.92 Å². The quantitative estimate of drug-likeness (QED) is 0.613. The van der Waals surface area contributed by atoms with Gasteiger partial charge in [-0.15, -0.1) is 12.4 Å². The fraction of sp³-hybridized carbons (Fsp3) is 0.562. The highest BCUT2D eigenvalue weighted by Gasteiger charge is 2.27. The van der Waals surface area contributed by atoms with Crippen molar-refractivity contribution < 1.29 is 9.72 Å². The van der Waals surface area contributed by atoms with E-state index in [4.69, 9.17) is 0 Å². The minimum Gasteiger partial charge on any atom is -0.340 e. The third-order valence-electron chi connectivity index (χ3n) is 3.93. The average molecular weight is 374 g/mol. The molecule has 1 fully saturated rings. The maximum atomic E-state index is 12.7. The number of benzene rings is 1. The highest BCUT2D eigenvalue weighted by atomic mass is 35.5. The van der Waals surface area contributed by atoms with E-state index in [1.54, 1.807) is 12.1 Å². The van der Waals surface area contributed by atoms with Gasteiger partial charge in [-0.1, -0.05) is 26.0 Å². The van der Waals surface area contributed by atoms with Crippen LogP contribution < -0.4 is 5.32 Å². The molecule has 0 aliphatic carbocycles. The van der Waals surface area contributed by atoms with E-state index in [9.17, 15) is 14.9 Å². The van der Waals surface area contributed by atoms with Crippen molar-refractivity contribution in [2.45, 2.75) is 26.4 Å². The Morgan fingerprint density at radius 3 is 2.38 bits per heavy atom. The van der Waals surface area contributed by atoms with Crippen molar-refractivity contribution in [2.24, 2.45) is 5.92 Å². The van der Waals surface area contributed by atoms with Crippen LogP contribution in [0.1, 0.15) is 19.4 Å². The molecule has 24 heavy (non-hydrogen) atoms. The molecule has 6 nitrogen and oxygen atoms in total. The zero-order valence-corrected chi connectivity index (χ0v) is 15.6. The predicted octanol–water partition coefficient (Wildman–Crippen LogP) is 2.71. The van der Waals surface area contributed by atoms with Gasteiger partial charge < -0.3 is 10.2 Å². The molecule has 1 aliphatic heterocycles. The van der Waals surface area contributed by atoms with E-state index in [1.165, 1.54) is 12.1 Å². The lowest BCUT2D eigenvalue weighted by Gasteiger charge is -2.32. The molecule has 0 radical (unpaired) electrons. The van der Waals surface area contributed by atoms with Gasteiger partial charge in [0, 0.05) is 43.3 Å². The number of nitrogens with zero attached hydrogens (tertiary/aromatic N) is 2. The zero-order valence-electron chi connectivity index (χ0n) is 13.9. The van der Waals surface area contributed by atoms with Gasteiger partial charge >= 0.3 is 0 Å². The minimum absolute atomic E-state index is 0. The van der Waals surface area contributed by atoms with Crippen LogP contribution in [0.5, 0.6) is 0 Å². The number of hydrogen-bond donors (Lipinski definition) is 1. The highest BCUT2D eigenvalue weighted by molar-refractivity contribution is 7.99. The summed E-state index contributed by atoms with van der Waals surface area (Å²) in [6, 6.07) is 6.21. The van der Waals surface area contributed by atoms with Gasteiger partial charge in [0.25, 0.3) is 5.69 Å². The lowest BCUT2D eigenvalue weighted by molar-refractivity contribution is -0.384. The number of halogens is 1. The molecule has 1 aromatic carbocycles. The van der Waals surface area contributed by atoms with E-state index in [2.05, 4.69) is 5.32 Å². The van der Waals surface area contributed by atoms with Crippen LogP contribution in [0, 0.1) is 16.0 Å². The Labute approximate surface area is 152 Å². The summed E-state index contributed by atoms with van der Waals surface area (Å²) in [5.41, 5.74) is 1.01. The molecule has 8 heteroatoms. The van der Waals surface area contributed by atoms with Crippen LogP contribution in [0.15, 0.2) is 24.3 Å². The first kappa shape index (κ1) is 20.7. The van der Waals surface area contributed by atoms with Crippen LogP contribution in [-0.4, -0.2) is 46.4 Å². The van der Waals surface area contributed by atoms with Crippen LogP contribution >= 0.6 is 24.2 Å². The van der Waals surface area contributed by atoms with Crippen LogP contribution in [0.4, 0.5) is 5.69 Å². The number of nitro groups is 1. The maximum absolute atomic E-state index is 12.7. The molecule has 134 valence electrons. The van der Waals surface area contributed by atoms with Crippen molar-refractivity contribution in [3.05, 3.63) is 39.9 Å². The van der Waals surface area contributed by atoms with Gasteiger partial charge in [-0.05, 0) is 11.5 Å². The summed E-state index contributed by atoms with van der Waals surface area (Å²) >= 11 is 1.88. The Bertz CT molecular complexity index is 548. The van der Waals surface area contributed by atoms with Crippen molar-refractivity contribution in [1.29, 1.82) is 0 Å². The third-order valence-corrected chi connectivity index (χ3v) is 4.87. The second-order valence-corrected chi connectivity index (χ2v) is 7.19. The first-order chi connectivity index (χ1) is 11.0. The Kier molecular flexibility index (Phi) is 8.52. The fourth-order valence-electron chi connectivity index (χ4n) is 2.55. The number of carbonyl (C=O) groups is 1. The van der Waals surface area contributed by atoms with Gasteiger partial charge in [0.1, 0.15) is 0 Å². The maximum Gasteiger partial charge on any atom is 0.269 e. The summed E-state index contributed by atoms with van der Waals surface area (Å²) in [4.78, 5) is 24.9. The van der Waals surface area contributed by atoms with Crippen LogP contribution in [0.2, 0.25) is 0 Å². The number of nitro benzene ring substituents is 1. The van der Waals surface area contributed by atoms with Gasteiger partial charge in [0.2, 0.25) is 5.91 Å². The third kappa shape index (κ3) is 5.65. The summed E-state index contributed by atoms with van der Waals surface area (Å²) in [6.45, 7) is 6.21. The molecule has 1 saturated heterocycles. The molecule has 0 saturated carbocycles. The van der Waals surface area contributed by atoms with E-state index in [0.717, 1.165) is 30.2 Å². The van der Waals surface area contributed by atoms with E-state index >= 15 is 0 Å². The molecule has 0 aromatic heterocycles. The minimum atomic E-state index is -0.411. The highest BCUT2D eigenvalue weighted by Crippen LogP contribution is 2.15. The van der Waals surface area contributed by atoms with Crippen molar-refractivity contribution in [3.8, 4) is 0 Å². The topological polar surface area (TPSA) is 75.5 Å². The number of thioether (sulfide) groups is 1. The predicted molar refractivity (Wildman–Crippen MR) is 99.7 cm³/mol. The molecule has 2 rings (SSSR count). The van der Waals surface area contributed by atoms with Crippen molar-refractivity contribution in [2.75, 3.05) is 24.6 Å². The molecular formula is C16H24ClN3O3S. The normalized spacial score (nSPS) is 15.7. The molecule has 1 aliphatic rings. The van der Waals surface area contributed by atoms with Gasteiger partial charge in [-0.3, -0.25) is 14.9 Å². The van der Waals surface area contributed by atoms with Crippen molar-refractivity contribution in [3.63, 3.8) is 0 Å². The number of nitrogens with one attached hydrogen (secondary N) is 1. The largest absolute Gasteiger partial charge is 0.340 e. The SMILES string of the molecule is CC(C)[C@H](NCc1ccc([N+](=O)[O-])cc1)C(=O)N1CCSCC1.Cl. The van der Waals surface area contributed by atoms with Crippen molar-refractivity contribution >= 4 is 35.8 Å². The number of non-ortho nitro benzene ring substituents is 1. The van der Waals surface area contributed by atoms with Gasteiger partial charge in [0.05, 0.1) is 11.0 Å². The molecule has 0 spiro atoms. The lowest BCUT2D eigenvalue weighted by atomic mass is 10.0. The number of amides is 1. The Morgan fingerprint density at radius 2 is 1.88 bits per heavy atom. The van der Waals surface area contributed by atoms with Crippen LogP contribution in [-0.2, 0) is 11.3 Å². The first-order valence-corrected chi connectivity index (χ1v) is 8.97. The summed E-state index contributed by atoms with van der Waals surface area (Å²) in [5.74, 6) is 2.34. The molecule has 1 atom stereocenters. The summed E-state index contributed by atoms with van der Waals surface area (Å²) in [5, 5.41) is 14.0. The van der Waals surface area contributed by atoms with E-state index in [-0.39, 0.29) is 36.0 Å². The molecule has 1 heterocycles. The summed E-state index contributed by atoms with van der Waals surface area (Å²) < 4.78 is 0. The number of hydrogen-bond acceptors (Lipinski definition) is 5. The van der Waals surface area contributed by atoms with Crippen LogP contribution in [0.25, 0.3) is 0 Å². The average Bonchev–Trinajstić information content (AvgIpc) is 2.55. The van der Waals surface area contributed by atoms with Crippen LogP contribution in [0.3, 0.4) is 0 Å². The van der Waals surface area contributed by atoms with Gasteiger partial charge in [0.15, 0.2) is 0 Å². The summed E-state index contributed by atoms with van der Waals surface area (Å²) in [6.07, 6.45) is 0. The second-order valence-electron chi connectivity index (χ2n) is 5.96. The lowest BCUT2D eigenvalue weighted by Crippen LogP contribution is -2.51. The number of rotatable bonds is 6. The molecule has 1 amide bonds. The molecule has 0 unspecified atom stereocenters.